The first-order valence-corrected chi connectivity index (χ1v) is 5.20. The molecule has 0 aromatic heterocycles. The lowest BCUT2D eigenvalue weighted by atomic mass is 10.3. The van der Waals surface area contributed by atoms with Crippen molar-refractivity contribution >= 4 is 9.76 Å². The Bertz CT molecular complexity index is 83.5. The molecule has 0 fully saturated rings. The maximum atomic E-state index is 11.4. The summed E-state index contributed by atoms with van der Waals surface area (Å²) >= 11 is 0. The molecule has 0 aromatic rings. The minimum Gasteiger partial charge on any atom is -0.424 e. The SMILES string of the molecule is C[SiH2]OCCCC(F)(F)F. The van der Waals surface area contributed by atoms with E-state index in [0.29, 0.717) is 0 Å². The molecule has 1 nitrogen and oxygen atoms in total. The zero-order valence-corrected chi connectivity index (χ0v) is 7.28. The molecule has 0 aliphatic heterocycles. The molecule has 0 saturated heterocycles. The second-order valence-electron chi connectivity index (χ2n) is 1.92. The highest BCUT2D eigenvalue weighted by Crippen LogP contribution is 2.20. The molecule has 0 atom stereocenters. The third kappa shape index (κ3) is 7.97. The Hall–Kier alpha value is -0.0331. The van der Waals surface area contributed by atoms with Gasteiger partial charge in [-0.15, -0.1) is 0 Å². The topological polar surface area (TPSA) is 9.23 Å². The van der Waals surface area contributed by atoms with E-state index in [4.69, 9.17) is 4.43 Å². The molecule has 0 aliphatic rings. The Kier molecular flexibility index (Phi) is 4.72. The Morgan fingerprint density at radius 1 is 1.40 bits per heavy atom. The molecule has 0 bridgehead atoms. The monoisotopic (exact) mass is 172 g/mol. The lowest BCUT2D eigenvalue weighted by molar-refractivity contribution is -0.136. The second kappa shape index (κ2) is 4.73. The van der Waals surface area contributed by atoms with Gasteiger partial charge in [0.15, 0.2) is 9.76 Å². The van der Waals surface area contributed by atoms with E-state index in [0.717, 1.165) is 0 Å². The molecule has 0 radical (unpaired) electrons. The molecule has 0 saturated carbocycles. The fourth-order valence-electron chi connectivity index (χ4n) is 0.519. The molecular weight excluding hydrogens is 161 g/mol. The maximum Gasteiger partial charge on any atom is 0.389 e. The molecule has 0 aliphatic carbocycles. The molecule has 0 spiro atoms. The lowest BCUT2D eigenvalue weighted by Crippen LogP contribution is -2.09. The molecule has 0 unspecified atom stereocenters. The van der Waals surface area contributed by atoms with Crippen molar-refractivity contribution in [2.24, 2.45) is 0 Å². The standard InChI is InChI=1S/C5H11F3OSi/c1-10-9-4-2-3-5(6,7)8/h2-4,10H2,1H3. The van der Waals surface area contributed by atoms with E-state index in [-0.39, 0.29) is 13.0 Å². The van der Waals surface area contributed by atoms with E-state index >= 15 is 0 Å². The summed E-state index contributed by atoms with van der Waals surface area (Å²) in [5.41, 5.74) is 0. The van der Waals surface area contributed by atoms with Crippen LogP contribution in [0, 0.1) is 0 Å². The molecule has 0 heterocycles. The van der Waals surface area contributed by atoms with Gasteiger partial charge in [-0.25, -0.2) is 0 Å². The van der Waals surface area contributed by atoms with Gasteiger partial charge in [-0.3, -0.25) is 0 Å². The van der Waals surface area contributed by atoms with Gasteiger partial charge in [0.05, 0.1) is 0 Å². The Morgan fingerprint density at radius 3 is 2.40 bits per heavy atom. The van der Waals surface area contributed by atoms with Crippen molar-refractivity contribution in [1.82, 2.24) is 0 Å². The van der Waals surface area contributed by atoms with Crippen LogP contribution < -0.4 is 0 Å². The number of hydrogen-bond donors (Lipinski definition) is 0. The molecule has 0 amide bonds. The minimum absolute atomic E-state index is 0.102. The van der Waals surface area contributed by atoms with Crippen LogP contribution in [0.1, 0.15) is 12.8 Å². The van der Waals surface area contributed by atoms with Crippen LogP contribution in [0.4, 0.5) is 13.2 Å². The summed E-state index contributed by atoms with van der Waals surface area (Å²) in [6.07, 6.45) is -4.63. The van der Waals surface area contributed by atoms with Gasteiger partial charge in [-0.05, 0) is 6.42 Å². The third-order valence-corrected chi connectivity index (χ3v) is 1.65. The van der Waals surface area contributed by atoms with E-state index in [2.05, 4.69) is 0 Å². The molecule has 5 heteroatoms. The van der Waals surface area contributed by atoms with E-state index in [1.807, 2.05) is 6.55 Å². The van der Waals surface area contributed by atoms with Crippen LogP contribution in [0.3, 0.4) is 0 Å². The van der Waals surface area contributed by atoms with Crippen LogP contribution in [0.5, 0.6) is 0 Å². The van der Waals surface area contributed by atoms with E-state index in [1.165, 1.54) is 0 Å². The Labute approximate surface area is 60.5 Å². The van der Waals surface area contributed by atoms with Crippen molar-refractivity contribution in [2.75, 3.05) is 6.61 Å². The Balaban J connectivity index is 3.04. The van der Waals surface area contributed by atoms with Crippen LogP contribution in [0.25, 0.3) is 0 Å². The van der Waals surface area contributed by atoms with Crippen molar-refractivity contribution < 1.29 is 17.6 Å². The van der Waals surface area contributed by atoms with Crippen molar-refractivity contribution in [3.8, 4) is 0 Å². The first-order chi connectivity index (χ1) is 4.56. The van der Waals surface area contributed by atoms with Crippen molar-refractivity contribution in [3.63, 3.8) is 0 Å². The van der Waals surface area contributed by atoms with Gasteiger partial charge in [0.1, 0.15) is 0 Å². The molecule has 0 N–H and O–H groups in total. The summed E-state index contributed by atoms with van der Waals surface area (Å²) in [4.78, 5) is 0. The van der Waals surface area contributed by atoms with Gasteiger partial charge < -0.3 is 4.43 Å². The Morgan fingerprint density at radius 2 is 2.00 bits per heavy atom. The van der Waals surface area contributed by atoms with Crippen molar-refractivity contribution in [2.45, 2.75) is 25.6 Å². The zero-order valence-electron chi connectivity index (χ0n) is 5.87. The molecule has 0 aromatic carbocycles. The lowest BCUT2D eigenvalue weighted by Gasteiger charge is -2.04. The van der Waals surface area contributed by atoms with Gasteiger partial charge in [-0.1, -0.05) is 6.55 Å². The van der Waals surface area contributed by atoms with E-state index in [9.17, 15) is 13.2 Å². The summed E-state index contributed by atoms with van der Waals surface area (Å²) in [6, 6.07) is 0. The minimum atomic E-state index is -4.02. The molecular formula is C5H11F3OSi. The first kappa shape index (κ1) is 9.97. The smallest absolute Gasteiger partial charge is 0.389 e. The van der Waals surface area contributed by atoms with Gasteiger partial charge in [0.25, 0.3) is 0 Å². The van der Waals surface area contributed by atoms with E-state index in [1.54, 1.807) is 0 Å². The van der Waals surface area contributed by atoms with Gasteiger partial charge in [0, 0.05) is 13.0 Å². The number of alkyl halides is 3. The second-order valence-corrected chi connectivity index (χ2v) is 2.90. The highest BCUT2D eigenvalue weighted by molar-refractivity contribution is 6.24. The highest BCUT2D eigenvalue weighted by atomic mass is 28.2. The molecule has 0 rings (SSSR count). The summed E-state index contributed by atoms with van der Waals surface area (Å²) in [6.45, 7) is 2.16. The largest absolute Gasteiger partial charge is 0.424 e. The van der Waals surface area contributed by atoms with Gasteiger partial charge in [0.2, 0.25) is 0 Å². The van der Waals surface area contributed by atoms with Crippen LogP contribution in [-0.2, 0) is 4.43 Å². The normalized spacial score (nSPS) is 13.2. The van der Waals surface area contributed by atoms with Crippen molar-refractivity contribution in [3.05, 3.63) is 0 Å². The summed E-state index contributed by atoms with van der Waals surface area (Å²) in [5, 5.41) is 0. The number of halogens is 3. The summed E-state index contributed by atoms with van der Waals surface area (Å²) in [7, 11) is -0.517. The van der Waals surface area contributed by atoms with Gasteiger partial charge in [-0.2, -0.15) is 13.2 Å². The highest BCUT2D eigenvalue weighted by Gasteiger charge is 2.25. The average Bonchev–Trinajstić information content (AvgIpc) is 1.78. The maximum absolute atomic E-state index is 11.4. The van der Waals surface area contributed by atoms with Crippen LogP contribution >= 0.6 is 0 Å². The summed E-state index contributed by atoms with van der Waals surface area (Å²) in [5.74, 6) is 0. The van der Waals surface area contributed by atoms with E-state index < -0.39 is 22.4 Å². The fourth-order valence-corrected chi connectivity index (χ4v) is 1.01. The first-order valence-electron chi connectivity index (χ1n) is 3.20. The molecule has 10 heavy (non-hydrogen) atoms. The van der Waals surface area contributed by atoms with Crippen LogP contribution in [-0.4, -0.2) is 22.5 Å². The van der Waals surface area contributed by atoms with Crippen LogP contribution in [0.2, 0.25) is 6.55 Å². The van der Waals surface area contributed by atoms with Crippen molar-refractivity contribution in [1.29, 1.82) is 0 Å². The zero-order chi connectivity index (χ0) is 8.04. The average molecular weight is 172 g/mol. The quantitative estimate of drug-likeness (QED) is 0.461. The predicted molar refractivity (Wildman–Crippen MR) is 35.6 cm³/mol. The number of rotatable bonds is 4. The fraction of sp³-hybridized carbons (Fsp3) is 1.00. The van der Waals surface area contributed by atoms with Gasteiger partial charge >= 0.3 is 6.18 Å². The third-order valence-electron chi connectivity index (χ3n) is 0.953. The number of hydrogen-bond acceptors (Lipinski definition) is 1. The predicted octanol–water partition coefficient (Wildman–Crippen LogP) is 1.48. The summed E-state index contributed by atoms with van der Waals surface area (Å²) < 4.78 is 39.2. The molecule has 62 valence electrons. The van der Waals surface area contributed by atoms with Crippen LogP contribution in [0.15, 0.2) is 0 Å².